The molecule has 2 aromatic rings. The Morgan fingerprint density at radius 1 is 1.00 bits per heavy atom. The minimum absolute atomic E-state index is 0.0705. The monoisotopic (exact) mass is 414 g/mol. The average molecular weight is 415 g/mol. The number of hydrogen-bond acceptors (Lipinski definition) is 4. The standard InChI is InChI=1S/C22H27ClN4O2/c1-25(2)22(29)21(17-8-4-3-5-9-17)27-14-12-26(13-15-27)16-20(28)24-19-11-7-6-10-18(19)23/h3-11,21H,12-16H2,1-2H3,(H,24,28)/t21-/m1/s1. The van der Waals surface area contributed by atoms with E-state index in [1.165, 1.54) is 0 Å². The van der Waals surface area contributed by atoms with Crippen molar-refractivity contribution in [2.45, 2.75) is 6.04 Å². The number of hydrogen-bond donors (Lipinski definition) is 1. The fraction of sp³-hybridized carbons (Fsp3) is 0.364. The molecular weight excluding hydrogens is 388 g/mol. The molecule has 2 aromatic carbocycles. The Morgan fingerprint density at radius 2 is 1.62 bits per heavy atom. The summed E-state index contributed by atoms with van der Waals surface area (Å²) in [5, 5.41) is 3.39. The molecule has 0 radical (unpaired) electrons. The van der Waals surface area contributed by atoms with Crippen molar-refractivity contribution in [3.8, 4) is 0 Å². The highest BCUT2D eigenvalue weighted by atomic mass is 35.5. The number of para-hydroxylation sites is 1. The molecule has 1 heterocycles. The van der Waals surface area contributed by atoms with E-state index in [-0.39, 0.29) is 17.9 Å². The van der Waals surface area contributed by atoms with Crippen molar-refractivity contribution in [1.29, 1.82) is 0 Å². The minimum atomic E-state index is -0.301. The summed E-state index contributed by atoms with van der Waals surface area (Å²) >= 11 is 6.11. The first-order valence-corrected chi connectivity index (χ1v) is 10.1. The molecule has 0 aromatic heterocycles. The van der Waals surface area contributed by atoms with Gasteiger partial charge in [0.25, 0.3) is 0 Å². The van der Waals surface area contributed by atoms with Crippen LogP contribution in [0.3, 0.4) is 0 Å². The van der Waals surface area contributed by atoms with Crippen LogP contribution in [0.25, 0.3) is 0 Å². The van der Waals surface area contributed by atoms with Gasteiger partial charge in [0.05, 0.1) is 17.3 Å². The Labute approximate surface area is 177 Å². The predicted molar refractivity (Wildman–Crippen MR) is 116 cm³/mol. The van der Waals surface area contributed by atoms with Crippen LogP contribution in [0.15, 0.2) is 54.6 Å². The Kier molecular flexibility index (Phi) is 7.25. The maximum absolute atomic E-state index is 12.8. The zero-order valence-electron chi connectivity index (χ0n) is 16.8. The van der Waals surface area contributed by atoms with E-state index >= 15 is 0 Å². The van der Waals surface area contributed by atoms with Gasteiger partial charge in [0.2, 0.25) is 11.8 Å². The molecule has 1 saturated heterocycles. The quantitative estimate of drug-likeness (QED) is 0.789. The maximum Gasteiger partial charge on any atom is 0.244 e. The smallest absolute Gasteiger partial charge is 0.244 e. The third-order valence-electron chi connectivity index (χ3n) is 5.08. The van der Waals surface area contributed by atoms with Gasteiger partial charge in [-0.2, -0.15) is 0 Å². The molecule has 0 spiro atoms. The number of nitrogens with one attached hydrogen (secondary N) is 1. The lowest BCUT2D eigenvalue weighted by Gasteiger charge is -2.39. The largest absolute Gasteiger partial charge is 0.347 e. The Bertz CT molecular complexity index is 836. The third-order valence-corrected chi connectivity index (χ3v) is 5.41. The molecule has 1 atom stereocenters. The normalized spacial score (nSPS) is 16.2. The molecule has 1 fully saturated rings. The SMILES string of the molecule is CN(C)C(=O)[C@@H](c1ccccc1)N1CCN(CC(=O)Nc2ccccc2Cl)CC1. The number of amides is 2. The number of carbonyl (C=O) groups is 2. The van der Waals surface area contributed by atoms with Gasteiger partial charge in [-0.3, -0.25) is 19.4 Å². The van der Waals surface area contributed by atoms with Crippen LogP contribution < -0.4 is 5.32 Å². The first-order valence-electron chi connectivity index (χ1n) is 9.72. The number of benzene rings is 2. The molecule has 2 amide bonds. The summed E-state index contributed by atoms with van der Waals surface area (Å²) in [6.45, 7) is 3.19. The number of carbonyl (C=O) groups excluding carboxylic acids is 2. The van der Waals surface area contributed by atoms with E-state index in [9.17, 15) is 9.59 Å². The van der Waals surface area contributed by atoms with Gasteiger partial charge in [-0.15, -0.1) is 0 Å². The van der Waals surface area contributed by atoms with E-state index in [1.807, 2.05) is 42.5 Å². The Morgan fingerprint density at radius 3 is 2.24 bits per heavy atom. The van der Waals surface area contributed by atoms with Gasteiger partial charge in [0.1, 0.15) is 6.04 Å². The average Bonchev–Trinajstić information content (AvgIpc) is 2.72. The summed E-state index contributed by atoms with van der Waals surface area (Å²) in [7, 11) is 3.57. The van der Waals surface area contributed by atoms with Gasteiger partial charge < -0.3 is 10.2 Å². The highest BCUT2D eigenvalue weighted by Gasteiger charge is 2.31. The van der Waals surface area contributed by atoms with E-state index in [0.717, 1.165) is 31.7 Å². The van der Waals surface area contributed by atoms with Crippen LogP contribution in [0.5, 0.6) is 0 Å². The van der Waals surface area contributed by atoms with Crippen molar-refractivity contribution >= 4 is 29.1 Å². The molecule has 1 aliphatic heterocycles. The molecule has 0 aliphatic carbocycles. The fourth-order valence-electron chi connectivity index (χ4n) is 3.52. The predicted octanol–water partition coefficient (Wildman–Crippen LogP) is 2.73. The number of nitrogens with zero attached hydrogens (tertiary/aromatic N) is 3. The summed E-state index contributed by atoms with van der Waals surface area (Å²) in [6.07, 6.45) is 0. The number of halogens is 1. The molecule has 6 nitrogen and oxygen atoms in total. The topological polar surface area (TPSA) is 55.9 Å². The van der Waals surface area contributed by atoms with Crippen LogP contribution in [0.2, 0.25) is 5.02 Å². The highest BCUT2D eigenvalue weighted by molar-refractivity contribution is 6.33. The van der Waals surface area contributed by atoms with E-state index in [4.69, 9.17) is 11.6 Å². The lowest BCUT2D eigenvalue weighted by Crippen LogP contribution is -2.52. The van der Waals surface area contributed by atoms with E-state index < -0.39 is 0 Å². The fourth-order valence-corrected chi connectivity index (χ4v) is 3.71. The summed E-state index contributed by atoms with van der Waals surface area (Å²) in [5.74, 6) is -0.0170. The number of piperazine rings is 1. The first-order chi connectivity index (χ1) is 14.0. The van der Waals surface area contributed by atoms with Crippen molar-refractivity contribution in [3.63, 3.8) is 0 Å². The molecule has 29 heavy (non-hydrogen) atoms. The Hall–Kier alpha value is -2.41. The maximum atomic E-state index is 12.8. The summed E-state index contributed by atoms with van der Waals surface area (Å²) in [4.78, 5) is 31.1. The molecule has 3 rings (SSSR count). The second kappa shape index (κ2) is 9.87. The van der Waals surface area contributed by atoms with Crippen LogP contribution in [-0.2, 0) is 9.59 Å². The van der Waals surface area contributed by atoms with Crippen LogP contribution in [-0.4, -0.2) is 73.3 Å². The lowest BCUT2D eigenvalue weighted by molar-refractivity contribution is -0.135. The van der Waals surface area contributed by atoms with Crippen LogP contribution in [0, 0.1) is 0 Å². The number of anilines is 1. The minimum Gasteiger partial charge on any atom is -0.347 e. The van der Waals surface area contributed by atoms with Crippen molar-refractivity contribution in [1.82, 2.24) is 14.7 Å². The second-order valence-electron chi connectivity index (χ2n) is 7.39. The van der Waals surface area contributed by atoms with E-state index in [0.29, 0.717) is 17.3 Å². The summed E-state index contributed by atoms with van der Waals surface area (Å²) in [6, 6.07) is 16.8. The number of likely N-dealkylation sites (N-methyl/N-ethyl adjacent to an activating group) is 1. The molecule has 0 bridgehead atoms. The second-order valence-corrected chi connectivity index (χ2v) is 7.79. The van der Waals surface area contributed by atoms with Crippen LogP contribution in [0.4, 0.5) is 5.69 Å². The van der Waals surface area contributed by atoms with E-state index in [1.54, 1.807) is 31.1 Å². The molecule has 154 valence electrons. The zero-order valence-corrected chi connectivity index (χ0v) is 17.6. The zero-order chi connectivity index (χ0) is 20.8. The molecule has 0 unspecified atom stereocenters. The molecule has 1 aliphatic rings. The molecule has 7 heteroatoms. The summed E-state index contributed by atoms with van der Waals surface area (Å²) in [5.41, 5.74) is 1.62. The molecule has 0 saturated carbocycles. The number of rotatable bonds is 6. The van der Waals surface area contributed by atoms with Gasteiger partial charge in [0, 0.05) is 40.3 Å². The lowest BCUT2D eigenvalue weighted by atomic mass is 10.0. The van der Waals surface area contributed by atoms with Crippen molar-refractivity contribution < 1.29 is 9.59 Å². The van der Waals surface area contributed by atoms with Gasteiger partial charge in [-0.25, -0.2) is 0 Å². The molecular formula is C22H27ClN4O2. The van der Waals surface area contributed by atoms with Gasteiger partial charge in [-0.05, 0) is 17.7 Å². The van der Waals surface area contributed by atoms with Crippen LogP contribution in [0.1, 0.15) is 11.6 Å². The third kappa shape index (κ3) is 5.56. The van der Waals surface area contributed by atoms with Crippen molar-refractivity contribution in [3.05, 3.63) is 65.2 Å². The summed E-state index contributed by atoms with van der Waals surface area (Å²) < 4.78 is 0. The first kappa shape index (κ1) is 21.3. The van der Waals surface area contributed by atoms with E-state index in [2.05, 4.69) is 15.1 Å². The van der Waals surface area contributed by atoms with Gasteiger partial charge >= 0.3 is 0 Å². The molecule has 1 N–H and O–H groups in total. The van der Waals surface area contributed by atoms with Crippen molar-refractivity contribution in [2.24, 2.45) is 0 Å². The van der Waals surface area contributed by atoms with Crippen molar-refractivity contribution in [2.75, 3.05) is 52.1 Å². The Balaban J connectivity index is 1.59. The van der Waals surface area contributed by atoms with Gasteiger partial charge in [0.15, 0.2) is 0 Å². The highest BCUT2D eigenvalue weighted by Crippen LogP contribution is 2.24. The van der Waals surface area contributed by atoms with Crippen LogP contribution >= 0.6 is 11.6 Å². The van der Waals surface area contributed by atoms with Gasteiger partial charge in [-0.1, -0.05) is 54.1 Å².